The van der Waals surface area contributed by atoms with E-state index in [1.54, 1.807) is 0 Å². The number of fused-ring (bicyclic) bond motifs is 1. The van der Waals surface area contributed by atoms with Crippen LogP contribution in [0.3, 0.4) is 0 Å². The number of nitrogens with zero attached hydrogens (tertiary/aromatic N) is 5. The molecule has 132 valence electrons. The molecule has 0 amide bonds. The number of halogens is 2. The van der Waals surface area contributed by atoms with Crippen LogP contribution in [0.1, 0.15) is 0 Å². The van der Waals surface area contributed by atoms with Gasteiger partial charge >= 0.3 is 0 Å². The van der Waals surface area contributed by atoms with E-state index in [9.17, 15) is 4.39 Å². The normalized spacial score (nSPS) is 15.3. The largest absolute Gasteiger partial charge is 0.354 e. The topological polar surface area (TPSA) is 36.7 Å². The van der Waals surface area contributed by atoms with Gasteiger partial charge in [0.1, 0.15) is 12.5 Å². The molecule has 3 heterocycles. The number of rotatable bonds is 4. The molecule has 3 aromatic rings. The summed E-state index contributed by atoms with van der Waals surface area (Å²) in [4.78, 5) is 13.7. The fourth-order valence-electron chi connectivity index (χ4n) is 3.11. The highest BCUT2D eigenvalue weighted by Crippen LogP contribution is 2.20. The Hall–Kier alpha value is -2.18. The molecular weight excluding hydrogens is 341 g/mol. The third-order valence-electron chi connectivity index (χ3n) is 4.48. The Labute approximate surface area is 152 Å². The molecule has 25 heavy (non-hydrogen) atoms. The van der Waals surface area contributed by atoms with E-state index in [1.165, 1.54) is 0 Å². The standard InChI is InChI=1S/C18H20FN5.ClH/c19-7-9-22-10-12-23(13-11-22)17-6-8-24-14-16(20-18(24)21-17)15-4-2-1-3-5-15;/h1-6,8,14H,7,9-13H2;1H. The van der Waals surface area contributed by atoms with Gasteiger partial charge in [0, 0.05) is 50.7 Å². The Morgan fingerprint density at radius 2 is 1.72 bits per heavy atom. The second-order valence-electron chi connectivity index (χ2n) is 6.00. The van der Waals surface area contributed by atoms with Crippen LogP contribution in [0.4, 0.5) is 10.2 Å². The number of benzene rings is 1. The van der Waals surface area contributed by atoms with Crippen LogP contribution in [0.2, 0.25) is 0 Å². The lowest BCUT2D eigenvalue weighted by Crippen LogP contribution is -2.47. The highest BCUT2D eigenvalue weighted by Gasteiger charge is 2.18. The van der Waals surface area contributed by atoms with Crippen LogP contribution in [-0.4, -0.2) is 58.7 Å². The summed E-state index contributed by atoms with van der Waals surface area (Å²) in [6, 6.07) is 12.1. The zero-order valence-electron chi connectivity index (χ0n) is 13.9. The lowest BCUT2D eigenvalue weighted by atomic mass is 10.2. The van der Waals surface area contributed by atoms with E-state index >= 15 is 0 Å². The zero-order valence-corrected chi connectivity index (χ0v) is 14.7. The number of anilines is 1. The summed E-state index contributed by atoms with van der Waals surface area (Å²) in [6.45, 7) is 3.74. The Morgan fingerprint density at radius 3 is 2.44 bits per heavy atom. The fourth-order valence-corrected chi connectivity index (χ4v) is 3.11. The molecule has 7 heteroatoms. The number of aromatic nitrogens is 3. The minimum Gasteiger partial charge on any atom is -0.354 e. The average molecular weight is 362 g/mol. The second kappa shape index (κ2) is 7.80. The molecule has 2 aromatic heterocycles. The van der Waals surface area contributed by atoms with Crippen LogP contribution >= 0.6 is 12.4 Å². The van der Waals surface area contributed by atoms with Crippen molar-refractivity contribution >= 4 is 24.0 Å². The van der Waals surface area contributed by atoms with Crippen molar-refractivity contribution in [2.45, 2.75) is 0 Å². The van der Waals surface area contributed by atoms with Crippen LogP contribution in [0, 0.1) is 0 Å². The van der Waals surface area contributed by atoms with Crippen molar-refractivity contribution in [2.75, 3.05) is 44.3 Å². The zero-order chi connectivity index (χ0) is 16.4. The number of alkyl halides is 1. The molecule has 0 bridgehead atoms. The van der Waals surface area contributed by atoms with E-state index < -0.39 is 0 Å². The minimum atomic E-state index is -0.277. The van der Waals surface area contributed by atoms with Gasteiger partial charge in [0.05, 0.1) is 5.69 Å². The first-order chi connectivity index (χ1) is 11.8. The molecule has 1 fully saturated rings. The first-order valence-corrected chi connectivity index (χ1v) is 8.28. The fraction of sp³-hybridized carbons (Fsp3) is 0.333. The van der Waals surface area contributed by atoms with Gasteiger partial charge < -0.3 is 4.90 Å². The molecule has 0 saturated carbocycles. The molecule has 0 unspecified atom stereocenters. The third kappa shape index (κ3) is 3.75. The molecule has 0 spiro atoms. The van der Waals surface area contributed by atoms with Gasteiger partial charge in [-0.3, -0.25) is 9.30 Å². The van der Waals surface area contributed by atoms with E-state index in [2.05, 4.69) is 14.8 Å². The molecule has 1 aliphatic heterocycles. The van der Waals surface area contributed by atoms with Crippen LogP contribution in [0.5, 0.6) is 0 Å². The predicted molar refractivity (Wildman–Crippen MR) is 100 cm³/mol. The maximum absolute atomic E-state index is 12.4. The first-order valence-electron chi connectivity index (χ1n) is 8.28. The Bertz CT molecular complexity index is 815. The van der Waals surface area contributed by atoms with Crippen molar-refractivity contribution in [3.63, 3.8) is 0 Å². The predicted octanol–water partition coefficient (Wildman–Crippen LogP) is 2.91. The molecule has 0 N–H and O–H groups in total. The van der Waals surface area contributed by atoms with E-state index in [0.717, 1.165) is 43.3 Å². The van der Waals surface area contributed by atoms with E-state index in [0.29, 0.717) is 12.3 Å². The van der Waals surface area contributed by atoms with Gasteiger partial charge in [-0.25, -0.2) is 9.37 Å². The monoisotopic (exact) mass is 361 g/mol. The number of imidazole rings is 1. The van der Waals surface area contributed by atoms with Crippen molar-refractivity contribution < 1.29 is 4.39 Å². The van der Waals surface area contributed by atoms with E-state index in [4.69, 9.17) is 4.98 Å². The molecular formula is C18H21ClFN5. The number of hydrogen-bond acceptors (Lipinski definition) is 4. The van der Waals surface area contributed by atoms with E-state index in [-0.39, 0.29) is 19.1 Å². The van der Waals surface area contributed by atoms with Gasteiger partial charge in [0.25, 0.3) is 0 Å². The van der Waals surface area contributed by atoms with Crippen molar-refractivity contribution in [3.8, 4) is 11.3 Å². The molecule has 4 rings (SSSR count). The summed E-state index contributed by atoms with van der Waals surface area (Å²) >= 11 is 0. The highest BCUT2D eigenvalue weighted by atomic mass is 35.5. The molecule has 1 aliphatic rings. The minimum absolute atomic E-state index is 0. The van der Waals surface area contributed by atoms with Crippen molar-refractivity contribution in [1.29, 1.82) is 0 Å². The van der Waals surface area contributed by atoms with Crippen LogP contribution in [0.25, 0.3) is 17.0 Å². The molecule has 0 aliphatic carbocycles. The quantitative estimate of drug-likeness (QED) is 0.716. The van der Waals surface area contributed by atoms with Gasteiger partial charge in [-0.05, 0) is 6.07 Å². The molecule has 1 aromatic carbocycles. The highest BCUT2D eigenvalue weighted by molar-refractivity contribution is 5.85. The molecule has 5 nitrogen and oxygen atoms in total. The van der Waals surface area contributed by atoms with Crippen LogP contribution in [0.15, 0.2) is 48.8 Å². The van der Waals surface area contributed by atoms with Gasteiger partial charge in [-0.1, -0.05) is 30.3 Å². The van der Waals surface area contributed by atoms with Crippen LogP contribution in [-0.2, 0) is 0 Å². The smallest absolute Gasteiger partial charge is 0.236 e. The molecule has 0 radical (unpaired) electrons. The maximum atomic E-state index is 12.4. The summed E-state index contributed by atoms with van der Waals surface area (Å²) in [6.07, 6.45) is 4.01. The lowest BCUT2D eigenvalue weighted by molar-refractivity contribution is 0.235. The van der Waals surface area contributed by atoms with Crippen molar-refractivity contribution in [2.24, 2.45) is 0 Å². The Kier molecular flexibility index (Phi) is 5.50. The first kappa shape index (κ1) is 17.6. The summed E-state index contributed by atoms with van der Waals surface area (Å²) in [7, 11) is 0. The van der Waals surface area contributed by atoms with Gasteiger partial charge in [-0.2, -0.15) is 4.98 Å². The SMILES string of the molecule is Cl.FCCN1CCN(c2ccn3cc(-c4ccccc4)nc3n2)CC1. The summed E-state index contributed by atoms with van der Waals surface area (Å²) in [5.41, 5.74) is 2.01. The van der Waals surface area contributed by atoms with E-state index in [1.807, 2.05) is 53.2 Å². The van der Waals surface area contributed by atoms with Gasteiger partial charge in [0.2, 0.25) is 5.78 Å². The van der Waals surface area contributed by atoms with Crippen molar-refractivity contribution in [1.82, 2.24) is 19.3 Å². The molecule has 1 saturated heterocycles. The van der Waals surface area contributed by atoms with Gasteiger partial charge in [-0.15, -0.1) is 12.4 Å². The second-order valence-corrected chi connectivity index (χ2v) is 6.00. The number of piperazine rings is 1. The number of hydrogen-bond donors (Lipinski definition) is 0. The maximum Gasteiger partial charge on any atom is 0.236 e. The van der Waals surface area contributed by atoms with Gasteiger partial charge in [0.15, 0.2) is 0 Å². The Morgan fingerprint density at radius 1 is 0.960 bits per heavy atom. The third-order valence-corrected chi connectivity index (χ3v) is 4.48. The molecule has 0 atom stereocenters. The summed E-state index contributed by atoms with van der Waals surface area (Å²) in [5.74, 6) is 1.64. The Balaban J connectivity index is 0.00000182. The summed E-state index contributed by atoms with van der Waals surface area (Å²) in [5, 5.41) is 0. The van der Waals surface area contributed by atoms with Crippen LogP contribution < -0.4 is 4.90 Å². The average Bonchev–Trinajstić information content (AvgIpc) is 3.07. The lowest BCUT2D eigenvalue weighted by Gasteiger charge is -2.34. The summed E-state index contributed by atoms with van der Waals surface area (Å²) < 4.78 is 14.4. The van der Waals surface area contributed by atoms with Crippen molar-refractivity contribution in [3.05, 3.63) is 48.8 Å².